The van der Waals surface area contributed by atoms with Crippen molar-refractivity contribution in [2.24, 2.45) is 0 Å². The molecule has 0 saturated carbocycles. The van der Waals surface area contributed by atoms with Crippen LogP contribution in [0.25, 0.3) is 11.4 Å². The van der Waals surface area contributed by atoms with E-state index in [1.165, 1.54) is 5.56 Å². The Bertz CT molecular complexity index is 1130. The smallest absolute Gasteiger partial charge is 0.254 e. The van der Waals surface area contributed by atoms with Gasteiger partial charge < -0.3 is 14.7 Å². The molecule has 1 fully saturated rings. The molecule has 1 N–H and O–H groups in total. The summed E-state index contributed by atoms with van der Waals surface area (Å²) in [4.78, 5) is 31.6. The van der Waals surface area contributed by atoms with Crippen LogP contribution in [0.15, 0.2) is 47.0 Å². The largest absolute Gasteiger partial charge is 0.339 e. The third-order valence-corrected chi connectivity index (χ3v) is 6.10. The van der Waals surface area contributed by atoms with E-state index in [4.69, 9.17) is 4.52 Å². The number of carbonyl (C=O) groups excluding carboxylic acids is 2. The van der Waals surface area contributed by atoms with Gasteiger partial charge in [-0.25, -0.2) is 0 Å². The molecule has 2 amide bonds. The van der Waals surface area contributed by atoms with Gasteiger partial charge in [-0.15, -0.1) is 0 Å². The molecule has 7 nitrogen and oxygen atoms in total. The van der Waals surface area contributed by atoms with Crippen LogP contribution in [0.2, 0.25) is 0 Å². The van der Waals surface area contributed by atoms with E-state index in [-0.39, 0.29) is 18.2 Å². The molecule has 1 aliphatic rings. The molecule has 0 bridgehead atoms. The Hall–Kier alpha value is -3.48. The Morgan fingerprint density at radius 1 is 1.09 bits per heavy atom. The van der Waals surface area contributed by atoms with Crippen molar-refractivity contribution in [3.8, 4) is 11.4 Å². The molecule has 3 aromatic rings. The van der Waals surface area contributed by atoms with Crippen LogP contribution in [0.4, 0.5) is 5.69 Å². The van der Waals surface area contributed by atoms with Gasteiger partial charge >= 0.3 is 0 Å². The maximum atomic E-state index is 12.8. The van der Waals surface area contributed by atoms with Crippen molar-refractivity contribution in [3.05, 3.63) is 65.0 Å². The van der Waals surface area contributed by atoms with Gasteiger partial charge in [-0.1, -0.05) is 49.3 Å². The quantitative estimate of drug-likeness (QED) is 0.553. The number of hydrogen-bond acceptors (Lipinski definition) is 5. The summed E-state index contributed by atoms with van der Waals surface area (Å²) in [6.07, 6.45) is 2.63. The standard InChI is InChI=1S/C26H30N4O3/c1-17(2)19-9-11-20(12-10-19)25-28-24(33-29-25)14-13-23(31)27-22-8-6-7-21(18(22)3)26(32)30-15-4-5-16-30/h6-12,17H,4-5,13-16H2,1-3H3,(H,27,31). The second-order valence-electron chi connectivity index (χ2n) is 8.81. The maximum Gasteiger partial charge on any atom is 0.254 e. The highest BCUT2D eigenvalue weighted by Gasteiger charge is 2.22. The lowest BCUT2D eigenvalue weighted by molar-refractivity contribution is -0.116. The van der Waals surface area contributed by atoms with Gasteiger partial charge in [0.1, 0.15) is 0 Å². The Labute approximate surface area is 194 Å². The number of anilines is 1. The van der Waals surface area contributed by atoms with E-state index in [9.17, 15) is 9.59 Å². The SMILES string of the molecule is Cc1c(NC(=O)CCc2nc(-c3ccc(C(C)C)cc3)no2)cccc1C(=O)N1CCCC1. The first-order valence-corrected chi connectivity index (χ1v) is 11.5. The van der Waals surface area contributed by atoms with Crippen molar-refractivity contribution < 1.29 is 14.1 Å². The number of likely N-dealkylation sites (tertiary alicyclic amines) is 1. The molecule has 4 rings (SSSR count). The lowest BCUT2D eigenvalue weighted by Gasteiger charge is -2.18. The van der Waals surface area contributed by atoms with Crippen molar-refractivity contribution >= 4 is 17.5 Å². The summed E-state index contributed by atoms with van der Waals surface area (Å²) in [6.45, 7) is 7.75. The van der Waals surface area contributed by atoms with Gasteiger partial charge in [-0.2, -0.15) is 4.98 Å². The van der Waals surface area contributed by atoms with Crippen LogP contribution < -0.4 is 5.32 Å². The van der Waals surface area contributed by atoms with Crippen LogP contribution in [-0.4, -0.2) is 39.9 Å². The van der Waals surface area contributed by atoms with Gasteiger partial charge in [0.25, 0.3) is 5.91 Å². The van der Waals surface area contributed by atoms with Crippen LogP contribution in [0.1, 0.15) is 66.4 Å². The minimum atomic E-state index is -0.162. The zero-order valence-electron chi connectivity index (χ0n) is 19.4. The molecule has 33 heavy (non-hydrogen) atoms. The van der Waals surface area contributed by atoms with Crippen molar-refractivity contribution in [1.29, 1.82) is 0 Å². The number of aryl methyl sites for hydroxylation is 1. The number of amides is 2. The number of benzene rings is 2. The average molecular weight is 447 g/mol. The van der Waals surface area contributed by atoms with Crippen LogP contribution in [0.3, 0.4) is 0 Å². The number of hydrogen-bond donors (Lipinski definition) is 1. The number of nitrogens with zero attached hydrogens (tertiary/aromatic N) is 3. The second-order valence-corrected chi connectivity index (χ2v) is 8.81. The molecule has 0 atom stereocenters. The van der Waals surface area contributed by atoms with Crippen LogP contribution in [-0.2, 0) is 11.2 Å². The van der Waals surface area contributed by atoms with Gasteiger partial charge in [0.15, 0.2) is 0 Å². The van der Waals surface area contributed by atoms with Gasteiger partial charge in [0.05, 0.1) is 0 Å². The van der Waals surface area contributed by atoms with Gasteiger partial charge in [-0.3, -0.25) is 9.59 Å². The van der Waals surface area contributed by atoms with E-state index < -0.39 is 0 Å². The van der Waals surface area contributed by atoms with Crippen LogP contribution in [0, 0.1) is 6.92 Å². The lowest BCUT2D eigenvalue weighted by atomic mass is 10.0. The van der Waals surface area contributed by atoms with E-state index in [0.29, 0.717) is 35.3 Å². The summed E-state index contributed by atoms with van der Waals surface area (Å²) >= 11 is 0. The van der Waals surface area contributed by atoms with Gasteiger partial charge in [0, 0.05) is 42.7 Å². The molecule has 0 spiro atoms. The van der Waals surface area contributed by atoms with Crippen molar-refractivity contribution in [2.45, 2.75) is 52.4 Å². The molecule has 2 aromatic carbocycles. The molecule has 0 aliphatic carbocycles. The highest BCUT2D eigenvalue weighted by atomic mass is 16.5. The third-order valence-electron chi connectivity index (χ3n) is 6.10. The Kier molecular flexibility index (Phi) is 6.87. The van der Waals surface area contributed by atoms with Crippen molar-refractivity contribution in [1.82, 2.24) is 15.0 Å². The number of nitrogens with one attached hydrogen (secondary N) is 1. The molecule has 0 unspecified atom stereocenters. The normalized spacial score (nSPS) is 13.5. The molecule has 1 aliphatic heterocycles. The van der Waals surface area contributed by atoms with Crippen LogP contribution in [0.5, 0.6) is 0 Å². The van der Waals surface area contributed by atoms with Crippen molar-refractivity contribution in [2.75, 3.05) is 18.4 Å². The minimum absolute atomic E-state index is 0.0286. The zero-order chi connectivity index (χ0) is 23.4. The lowest BCUT2D eigenvalue weighted by Crippen LogP contribution is -2.28. The summed E-state index contributed by atoms with van der Waals surface area (Å²) < 4.78 is 5.34. The van der Waals surface area contributed by atoms with E-state index in [1.807, 2.05) is 36.1 Å². The predicted molar refractivity (Wildman–Crippen MR) is 127 cm³/mol. The monoisotopic (exact) mass is 446 g/mol. The molecule has 2 heterocycles. The first-order chi connectivity index (χ1) is 15.9. The minimum Gasteiger partial charge on any atom is -0.339 e. The summed E-state index contributed by atoms with van der Waals surface area (Å²) in [5, 5.41) is 6.97. The van der Waals surface area contributed by atoms with E-state index in [2.05, 4.69) is 41.4 Å². The van der Waals surface area contributed by atoms with E-state index in [0.717, 1.165) is 37.1 Å². The summed E-state index contributed by atoms with van der Waals surface area (Å²) in [7, 11) is 0. The average Bonchev–Trinajstić information content (AvgIpc) is 3.51. The number of carbonyl (C=O) groups is 2. The fourth-order valence-electron chi connectivity index (χ4n) is 4.02. The molecule has 1 saturated heterocycles. The Morgan fingerprint density at radius 3 is 2.52 bits per heavy atom. The molecule has 1 aromatic heterocycles. The molecule has 7 heteroatoms. The van der Waals surface area contributed by atoms with Gasteiger partial charge in [0.2, 0.25) is 17.6 Å². The number of aromatic nitrogens is 2. The highest BCUT2D eigenvalue weighted by molar-refractivity contribution is 5.99. The Morgan fingerprint density at radius 2 is 1.82 bits per heavy atom. The summed E-state index contributed by atoms with van der Waals surface area (Å²) in [5.41, 5.74) is 4.21. The summed E-state index contributed by atoms with van der Waals surface area (Å²) in [6, 6.07) is 13.5. The van der Waals surface area contributed by atoms with Crippen LogP contribution >= 0.6 is 0 Å². The summed E-state index contributed by atoms with van der Waals surface area (Å²) in [5.74, 6) is 1.26. The maximum absolute atomic E-state index is 12.8. The zero-order valence-corrected chi connectivity index (χ0v) is 19.4. The fraction of sp³-hybridized carbons (Fsp3) is 0.385. The molecule has 172 valence electrons. The van der Waals surface area contributed by atoms with Crippen molar-refractivity contribution in [3.63, 3.8) is 0 Å². The molecular weight excluding hydrogens is 416 g/mol. The topological polar surface area (TPSA) is 88.3 Å². The predicted octanol–water partition coefficient (Wildman–Crippen LogP) is 4.98. The van der Waals surface area contributed by atoms with E-state index >= 15 is 0 Å². The molecular formula is C26H30N4O3. The first kappa shape index (κ1) is 22.7. The van der Waals surface area contributed by atoms with E-state index in [1.54, 1.807) is 6.07 Å². The third kappa shape index (κ3) is 5.30. The van der Waals surface area contributed by atoms with Gasteiger partial charge in [-0.05, 0) is 48.9 Å². The highest BCUT2D eigenvalue weighted by Crippen LogP contribution is 2.23. The first-order valence-electron chi connectivity index (χ1n) is 11.5. The molecule has 0 radical (unpaired) electrons. The second kappa shape index (κ2) is 9.98. The fourth-order valence-corrected chi connectivity index (χ4v) is 4.02. The number of rotatable bonds is 7. The Balaban J connectivity index is 1.35.